The molecule has 5 nitrogen and oxygen atoms in total. The molecule has 6 heteroatoms. The van der Waals surface area contributed by atoms with E-state index in [9.17, 15) is 4.79 Å². The summed E-state index contributed by atoms with van der Waals surface area (Å²) in [6.45, 7) is 1.75. The molecule has 0 spiro atoms. The van der Waals surface area contributed by atoms with E-state index in [4.69, 9.17) is 10.5 Å². The molecule has 1 saturated heterocycles. The first-order chi connectivity index (χ1) is 10.7. The first kappa shape index (κ1) is 14.8. The summed E-state index contributed by atoms with van der Waals surface area (Å²) < 4.78 is 5.75. The van der Waals surface area contributed by atoms with Gasteiger partial charge in [0.2, 0.25) is 0 Å². The summed E-state index contributed by atoms with van der Waals surface area (Å²) >= 11 is 1.39. The molecule has 0 radical (unpaired) electrons. The van der Waals surface area contributed by atoms with Gasteiger partial charge in [0.25, 0.3) is 5.91 Å². The molecule has 0 unspecified atom stereocenters. The van der Waals surface area contributed by atoms with Crippen molar-refractivity contribution in [1.82, 2.24) is 9.88 Å². The maximum absolute atomic E-state index is 12.2. The third-order valence-electron chi connectivity index (χ3n) is 3.74. The van der Waals surface area contributed by atoms with E-state index in [1.807, 2.05) is 34.5 Å². The Morgan fingerprint density at radius 2 is 2.05 bits per heavy atom. The van der Waals surface area contributed by atoms with Gasteiger partial charge in [-0.3, -0.25) is 4.79 Å². The highest BCUT2D eigenvalue weighted by molar-refractivity contribution is 7.13. The number of carbonyl (C=O) groups excluding carboxylic acids is 1. The molecule has 1 amide bonds. The number of thiazole rings is 1. The van der Waals surface area contributed by atoms with Crippen molar-refractivity contribution in [2.45, 2.75) is 19.3 Å². The van der Waals surface area contributed by atoms with Crippen molar-refractivity contribution in [3.8, 4) is 17.0 Å². The number of rotatable bonds is 4. The molecule has 0 atom stereocenters. The summed E-state index contributed by atoms with van der Waals surface area (Å²) in [6, 6.07) is 7.59. The fourth-order valence-corrected chi connectivity index (χ4v) is 3.15. The standard InChI is InChI=1S/C16H19N3O2S/c17-16-18-13(11-22-16)12-6-2-3-7-14(12)21-10-15(20)19-8-4-1-5-9-19/h2-3,6-7,11H,1,4-5,8-10H2,(H2,17,18). The maximum Gasteiger partial charge on any atom is 0.260 e. The second kappa shape index (κ2) is 6.79. The predicted molar refractivity (Wildman–Crippen MR) is 87.9 cm³/mol. The molecule has 2 aromatic rings. The molecule has 0 saturated carbocycles. The van der Waals surface area contributed by atoms with Crippen LogP contribution in [0.1, 0.15) is 19.3 Å². The van der Waals surface area contributed by atoms with Gasteiger partial charge in [0.15, 0.2) is 11.7 Å². The predicted octanol–water partition coefficient (Wildman–Crippen LogP) is 2.78. The van der Waals surface area contributed by atoms with Crippen LogP contribution in [0.4, 0.5) is 5.13 Å². The summed E-state index contributed by atoms with van der Waals surface area (Å²) in [5, 5.41) is 2.42. The van der Waals surface area contributed by atoms with Gasteiger partial charge in [0.1, 0.15) is 5.75 Å². The first-order valence-electron chi connectivity index (χ1n) is 7.45. The molecule has 0 aliphatic carbocycles. The number of nitrogens with two attached hydrogens (primary N) is 1. The third kappa shape index (κ3) is 3.39. The van der Waals surface area contributed by atoms with Crippen LogP contribution in [0.15, 0.2) is 29.6 Å². The smallest absolute Gasteiger partial charge is 0.260 e. The van der Waals surface area contributed by atoms with Gasteiger partial charge in [-0.15, -0.1) is 11.3 Å². The largest absolute Gasteiger partial charge is 0.483 e. The zero-order valence-corrected chi connectivity index (χ0v) is 13.1. The molecular weight excluding hydrogens is 298 g/mol. The highest BCUT2D eigenvalue weighted by Gasteiger charge is 2.17. The van der Waals surface area contributed by atoms with Crippen LogP contribution in [-0.4, -0.2) is 35.5 Å². The normalized spacial score (nSPS) is 14.8. The molecule has 1 fully saturated rings. The van der Waals surface area contributed by atoms with Crippen LogP contribution in [0.5, 0.6) is 5.75 Å². The number of nitrogen functional groups attached to an aromatic ring is 1. The van der Waals surface area contributed by atoms with Crippen molar-refractivity contribution >= 4 is 22.4 Å². The van der Waals surface area contributed by atoms with E-state index in [2.05, 4.69) is 4.98 Å². The topological polar surface area (TPSA) is 68.5 Å². The number of carbonyl (C=O) groups is 1. The zero-order valence-electron chi connectivity index (χ0n) is 12.3. The summed E-state index contributed by atoms with van der Waals surface area (Å²) in [6.07, 6.45) is 3.37. The van der Waals surface area contributed by atoms with Crippen molar-refractivity contribution in [3.63, 3.8) is 0 Å². The van der Waals surface area contributed by atoms with Gasteiger partial charge < -0.3 is 15.4 Å². The van der Waals surface area contributed by atoms with Gasteiger partial charge in [0, 0.05) is 24.0 Å². The number of amides is 1. The Labute approximate surface area is 133 Å². The molecule has 3 rings (SSSR count). The molecule has 1 aromatic carbocycles. The Kier molecular flexibility index (Phi) is 4.58. The van der Waals surface area contributed by atoms with Crippen LogP contribution < -0.4 is 10.5 Å². The van der Waals surface area contributed by atoms with E-state index in [0.29, 0.717) is 10.9 Å². The summed E-state index contributed by atoms with van der Waals surface area (Å²) in [5.74, 6) is 0.713. The van der Waals surface area contributed by atoms with E-state index in [-0.39, 0.29) is 12.5 Å². The Hall–Kier alpha value is -2.08. The minimum atomic E-state index is 0.0484. The number of hydrogen-bond acceptors (Lipinski definition) is 5. The van der Waals surface area contributed by atoms with Gasteiger partial charge in [0.05, 0.1) is 5.69 Å². The number of likely N-dealkylation sites (tertiary alicyclic amines) is 1. The Bertz CT molecular complexity index is 650. The van der Waals surface area contributed by atoms with Crippen LogP contribution in [0.3, 0.4) is 0 Å². The quantitative estimate of drug-likeness (QED) is 0.941. The van der Waals surface area contributed by atoms with Crippen molar-refractivity contribution in [3.05, 3.63) is 29.6 Å². The molecule has 1 aliphatic rings. The summed E-state index contributed by atoms with van der Waals surface area (Å²) in [5.41, 5.74) is 7.34. The lowest BCUT2D eigenvalue weighted by Crippen LogP contribution is -2.38. The summed E-state index contributed by atoms with van der Waals surface area (Å²) in [4.78, 5) is 18.4. The third-order valence-corrected chi connectivity index (χ3v) is 4.42. The van der Waals surface area contributed by atoms with E-state index in [0.717, 1.165) is 37.2 Å². The highest BCUT2D eigenvalue weighted by atomic mass is 32.1. The molecular formula is C16H19N3O2S. The van der Waals surface area contributed by atoms with Gasteiger partial charge in [-0.05, 0) is 31.4 Å². The number of aromatic nitrogens is 1. The van der Waals surface area contributed by atoms with E-state index in [1.165, 1.54) is 17.8 Å². The first-order valence-corrected chi connectivity index (χ1v) is 8.33. The van der Waals surface area contributed by atoms with Gasteiger partial charge in [-0.1, -0.05) is 12.1 Å². The molecule has 1 aliphatic heterocycles. The number of hydrogen-bond donors (Lipinski definition) is 1. The second-order valence-corrected chi connectivity index (χ2v) is 6.19. The minimum absolute atomic E-state index is 0.0484. The Morgan fingerprint density at radius 3 is 2.77 bits per heavy atom. The molecule has 2 heterocycles. The number of para-hydroxylation sites is 1. The number of ether oxygens (including phenoxy) is 1. The molecule has 0 bridgehead atoms. The summed E-state index contributed by atoms with van der Waals surface area (Å²) in [7, 11) is 0. The Morgan fingerprint density at radius 1 is 1.27 bits per heavy atom. The van der Waals surface area contributed by atoms with Crippen LogP contribution in [0.25, 0.3) is 11.3 Å². The molecule has 2 N–H and O–H groups in total. The van der Waals surface area contributed by atoms with E-state index < -0.39 is 0 Å². The van der Waals surface area contributed by atoms with Crippen LogP contribution in [-0.2, 0) is 4.79 Å². The number of nitrogens with zero attached hydrogens (tertiary/aromatic N) is 2. The Balaban J connectivity index is 1.69. The lowest BCUT2D eigenvalue weighted by atomic mass is 10.1. The second-order valence-electron chi connectivity index (χ2n) is 5.30. The molecule has 22 heavy (non-hydrogen) atoms. The monoisotopic (exact) mass is 317 g/mol. The number of piperidine rings is 1. The molecule has 1 aromatic heterocycles. The lowest BCUT2D eigenvalue weighted by molar-refractivity contribution is -0.134. The zero-order chi connectivity index (χ0) is 15.4. The average Bonchev–Trinajstić information content (AvgIpc) is 3.00. The van der Waals surface area contributed by atoms with Gasteiger partial charge >= 0.3 is 0 Å². The SMILES string of the molecule is Nc1nc(-c2ccccc2OCC(=O)N2CCCCC2)cs1. The van der Waals surface area contributed by atoms with Crippen molar-refractivity contribution in [1.29, 1.82) is 0 Å². The maximum atomic E-state index is 12.2. The van der Waals surface area contributed by atoms with Crippen LogP contribution >= 0.6 is 11.3 Å². The lowest BCUT2D eigenvalue weighted by Gasteiger charge is -2.26. The van der Waals surface area contributed by atoms with Crippen molar-refractivity contribution in [2.24, 2.45) is 0 Å². The number of benzene rings is 1. The van der Waals surface area contributed by atoms with Crippen LogP contribution in [0, 0.1) is 0 Å². The highest BCUT2D eigenvalue weighted by Crippen LogP contribution is 2.31. The van der Waals surface area contributed by atoms with Crippen molar-refractivity contribution < 1.29 is 9.53 Å². The van der Waals surface area contributed by atoms with Gasteiger partial charge in [-0.2, -0.15) is 0 Å². The van der Waals surface area contributed by atoms with Gasteiger partial charge in [-0.25, -0.2) is 4.98 Å². The fourth-order valence-electron chi connectivity index (χ4n) is 2.59. The number of anilines is 1. The van der Waals surface area contributed by atoms with Crippen LogP contribution in [0.2, 0.25) is 0 Å². The fraction of sp³-hybridized carbons (Fsp3) is 0.375. The average molecular weight is 317 g/mol. The minimum Gasteiger partial charge on any atom is -0.483 e. The molecule has 116 valence electrons. The van der Waals surface area contributed by atoms with E-state index in [1.54, 1.807) is 0 Å². The van der Waals surface area contributed by atoms with Crippen molar-refractivity contribution in [2.75, 3.05) is 25.4 Å². The van der Waals surface area contributed by atoms with E-state index >= 15 is 0 Å².